The van der Waals surface area contributed by atoms with Gasteiger partial charge in [-0.3, -0.25) is 10.1 Å². The van der Waals surface area contributed by atoms with Crippen molar-refractivity contribution in [2.24, 2.45) is 0 Å². The zero-order valence-corrected chi connectivity index (χ0v) is 16.8. The molecular weight excluding hydrogens is 378 g/mol. The van der Waals surface area contributed by atoms with Crippen molar-refractivity contribution >= 4 is 15.6 Å². The van der Waals surface area contributed by atoms with E-state index in [2.05, 4.69) is 5.32 Å². The second kappa shape index (κ2) is 7.56. The number of ketones is 1. The summed E-state index contributed by atoms with van der Waals surface area (Å²) in [5.74, 6) is -1.15. The Labute approximate surface area is 165 Å². The third-order valence-corrected chi connectivity index (χ3v) is 7.37. The smallest absolute Gasteiger partial charge is 0.180 e. The maximum Gasteiger partial charge on any atom is 0.180 e. The van der Waals surface area contributed by atoms with Crippen molar-refractivity contribution in [3.8, 4) is 11.5 Å². The van der Waals surface area contributed by atoms with Gasteiger partial charge in [-0.15, -0.1) is 0 Å². The van der Waals surface area contributed by atoms with Crippen molar-refractivity contribution in [3.05, 3.63) is 53.6 Å². The Morgan fingerprint density at radius 1 is 1.14 bits per heavy atom. The van der Waals surface area contributed by atoms with E-state index >= 15 is 0 Å². The second-order valence-corrected chi connectivity index (χ2v) is 9.29. The lowest BCUT2D eigenvalue weighted by molar-refractivity contribution is -0.120. The molecule has 28 heavy (non-hydrogen) atoms. The molecule has 0 aliphatic carbocycles. The minimum Gasteiger partial charge on any atom is -0.504 e. The van der Waals surface area contributed by atoms with Gasteiger partial charge in [0, 0.05) is 24.4 Å². The monoisotopic (exact) mass is 403 g/mol. The number of nitrogens with one attached hydrogen (secondary N) is 1. The number of phenolic OH excluding ortho intramolecular Hbond substituents is 2. The molecule has 3 N–H and O–H groups in total. The summed E-state index contributed by atoms with van der Waals surface area (Å²) >= 11 is 0. The molecule has 1 aliphatic heterocycles. The third-order valence-electron chi connectivity index (χ3n) is 5.41. The van der Waals surface area contributed by atoms with Gasteiger partial charge < -0.3 is 10.2 Å². The lowest BCUT2D eigenvalue weighted by Gasteiger charge is -2.35. The topological polar surface area (TPSA) is 104 Å². The van der Waals surface area contributed by atoms with Crippen LogP contribution in [0.3, 0.4) is 0 Å². The zero-order valence-electron chi connectivity index (χ0n) is 16.0. The standard InChI is InChI=1S/C21H25NO5S/c1-3-15(23)12-21(4-2)13-28(26,27)19-11-18(25)17(24)10-16(19)20(22-21)14-8-6-5-7-9-14/h5-11,20,22,24-25H,3-4,12-13H2,1-2H3/t20-,21-/m0/s1. The average Bonchev–Trinajstić information content (AvgIpc) is 2.76. The molecule has 0 saturated carbocycles. The lowest BCUT2D eigenvalue weighted by atomic mass is 9.87. The van der Waals surface area contributed by atoms with Crippen LogP contribution < -0.4 is 5.32 Å². The van der Waals surface area contributed by atoms with Gasteiger partial charge >= 0.3 is 0 Å². The molecule has 3 rings (SSSR count). The molecule has 0 fully saturated rings. The summed E-state index contributed by atoms with van der Waals surface area (Å²) in [5, 5.41) is 23.4. The molecule has 0 saturated heterocycles. The first-order valence-corrected chi connectivity index (χ1v) is 11.0. The summed E-state index contributed by atoms with van der Waals surface area (Å²) in [5.41, 5.74) is 0.227. The summed E-state index contributed by atoms with van der Waals surface area (Å²) in [6.07, 6.45) is 0.857. The average molecular weight is 404 g/mol. The molecule has 2 aromatic carbocycles. The van der Waals surface area contributed by atoms with Crippen LogP contribution in [0.15, 0.2) is 47.4 Å². The highest BCUT2D eigenvalue weighted by Crippen LogP contribution is 2.41. The summed E-state index contributed by atoms with van der Waals surface area (Å²) in [6, 6.07) is 11.1. The fourth-order valence-electron chi connectivity index (χ4n) is 3.78. The predicted molar refractivity (Wildman–Crippen MR) is 106 cm³/mol. The SMILES string of the molecule is CCC(=O)C[C@@]1(CC)CS(=O)(=O)c2cc(O)c(O)cc2[C@H](c2ccccc2)N1. The first-order chi connectivity index (χ1) is 13.2. The molecular formula is C21H25NO5S. The number of hydrogen-bond donors (Lipinski definition) is 3. The number of phenols is 2. The van der Waals surface area contributed by atoms with Crippen LogP contribution in [0.4, 0.5) is 0 Å². The Bertz CT molecular complexity index is 987. The fourth-order valence-corrected chi connectivity index (χ4v) is 5.88. The molecule has 0 spiro atoms. The van der Waals surface area contributed by atoms with E-state index < -0.39 is 27.2 Å². The van der Waals surface area contributed by atoms with Crippen LogP contribution in [0.5, 0.6) is 11.5 Å². The molecule has 1 heterocycles. The van der Waals surface area contributed by atoms with E-state index in [4.69, 9.17) is 0 Å². The minimum absolute atomic E-state index is 0.0204. The quantitative estimate of drug-likeness (QED) is 0.663. The van der Waals surface area contributed by atoms with Gasteiger partial charge in [0.1, 0.15) is 5.78 Å². The number of Topliss-reactive ketones (excluding diaryl/α,β-unsaturated/α-hetero) is 1. The number of hydrogen-bond acceptors (Lipinski definition) is 6. The molecule has 6 nitrogen and oxygen atoms in total. The highest BCUT2D eigenvalue weighted by molar-refractivity contribution is 7.91. The molecule has 0 radical (unpaired) electrons. The summed E-state index contributed by atoms with van der Waals surface area (Å²) in [6.45, 7) is 3.62. The van der Waals surface area contributed by atoms with Crippen LogP contribution in [-0.4, -0.2) is 35.7 Å². The van der Waals surface area contributed by atoms with E-state index in [1.165, 1.54) is 6.07 Å². The van der Waals surface area contributed by atoms with E-state index in [1.54, 1.807) is 6.92 Å². The number of carbonyl (C=O) groups excluding carboxylic acids is 1. The number of aromatic hydroxyl groups is 2. The van der Waals surface area contributed by atoms with Crippen molar-refractivity contribution in [3.63, 3.8) is 0 Å². The van der Waals surface area contributed by atoms with Crippen LogP contribution in [0.1, 0.15) is 50.3 Å². The Morgan fingerprint density at radius 2 is 1.79 bits per heavy atom. The molecule has 2 atom stereocenters. The molecule has 7 heteroatoms. The Morgan fingerprint density at radius 3 is 2.39 bits per heavy atom. The molecule has 2 aromatic rings. The van der Waals surface area contributed by atoms with Gasteiger partial charge in [-0.05, 0) is 23.6 Å². The highest BCUT2D eigenvalue weighted by Gasteiger charge is 2.43. The van der Waals surface area contributed by atoms with Crippen LogP contribution in [0.2, 0.25) is 0 Å². The minimum atomic E-state index is -3.82. The predicted octanol–water partition coefficient (Wildman–Crippen LogP) is 3.08. The first-order valence-electron chi connectivity index (χ1n) is 9.34. The van der Waals surface area contributed by atoms with Crippen LogP contribution in [0, 0.1) is 0 Å². The van der Waals surface area contributed by atoms with Gasteiger partial charge in [-0.1, -0.05) is 44.2 Å². The Kier molecular flexibility index (Phi) is 5.50. The summed E-state index contributed by atoms with van der Waals surface area (Å²) in [7, 11) is -3.82. The highest BCUT2D eigenvalue weighted by atomic mass is 32.2. The maximum atomic E-state index is 13.2. The second-order valence-electron chi connectivity index (χ2n) is 7.33. The number of fused-ring (bicyclic) bond motifs is 1. The fraction of sp³-hybridized carbons (Fsp3) is 0.381. The number of benzene rings is 2. The summed E-state index contributed by atoms with van der Waals surface area (Å²) < 4.78 is 26.5. The first kappa shape index (κ1) is 20.4. The summed E-state index contributed by atoms with van der Waals surface area (Å²) in [4.78, 5) is 12.3. The lowest BCUT2D eigenvalue weighted by Crippen LogP contribution is -2.51. The Balaban J connectivity index is 2.26. The van der Waals surface area contributed by atoms with Gasteiger partial charge in [0.15, 0.2) is 21.3 Å². The van der Waals surface area contributed by atoms with Gasteiger partial charge in [0.05, 0.1) is 16.7 Å². The number of sulfone groups is 1. The number of rotatable bonds is 5. The van der Waals surface area contributed by atoms with E-state index in [0.29, 0.717) is 18.4 Å². The van der Waals surface area contributed by atoms with Crippen molar-refractivity contribution in [1.29, 1.82) is 0 Å². The van der Waals surface area contributed by atoms with Crippen molar-refractivity contribution < 1.29 is 23.4 Å². The van der Waals surface area contributed by atoms with Gasteiger partial charge in [-0.2, -0.15) is 0 Å². The molecule has 0 amide bonds. The molecule has 0 aromatic heterocycles. The molecule has 0 unspecified atom stereocenters. The Hall–Kier alpha value is -2.38. The van der Waals surface area contributed by atoms with E-state index in [1.807, 2.05) is 37.3 Å². The molecule has 150 valence electrons. The normalized spacial score (nSPS) is 23.6. The van der Waals surface area contributed by atoms with Gasteiger partial charge in [0.25, 0.3) is 0 Å². The number of carbonyl (C=O) groups is 1. The van der Waals surface area contributed by atoms with E-state index in [9.17, 15) is 23.4 Å². The van der Waals surface area contributed by atoms with E-state index in [0.717, 1.165) is 11.6 Å². The molecule has 1 aliphatic rings. The van der Waals surface area contributed by atoms with Crippen molar-refractivity contribution in [1.82, 2.24) is 5.32 Å². The zero-order chi connectivity index (χ0) is 20.5. The van der Waals surface area contributed by atoms with E-state index in [-0.39, 0.29) is 28.6 Å². The molecule has 0 bridgehead atoms. The largest absolute Gasteiger partial charge is 0.504 e. The van der Waals surface area contributed by atoms with Crippen molar-refractivity contribution in [2.45, 2.75) is 49.6 Å². The van der Waals surface area contributed by atoms with Crippen LogP contribution in [-0.2, 0) is 14.6 Å². The van der Waals surface area contributed by atoms with Gasteiger partial charge in [0.2, 0.25) is 0 Å². The van der Waals surface area contributed by atoms with Gasteiger partial charge in [-0.25, -0.2) is 8.42 Å². The van der Waals surface area contributed by atoms with Crippen LogP contribution in [0.25, 0.3) is 0 Å². The maximum absolute atomic E-state index is 13.2. The third kappa shape index (κ3) is 3.77. The van der Waals surface area contributed by atoms with Crippen molar-refractivity contribution in [2.75, 3.05) is 5.75 Å². The van der Waals surface area contributed by atoms with Crippen LogP contribution >= 0.6 is 0 Å².